The van der Waals surface area contributed by atoms with Gasteiger partial charge in [0.2, 0.25) is 0 Å². The van der Waals surface area contributed by atoms with Crippen LogP contribution >= 0.6 is 0 Å². The molecule has 1 aromatic rings. The van der Waals surface area contributed by atoms with Crippen LogP contribution in [0.1, 0.15) is 45.1 Å². The minimum atomic E-state index is -0.583. The van der Waals surface area contributed by atoms with Gasteiger partial charge in [-0.05, 0) is 37.2 Å². The van der Waals surface area contributed by atoms with Crippen molar-refractivity contribution >= 4 is 0 Å². The van der Waals surface area contributed by atoms with Crippen LogP contribution in [-0.4, -0.2) is 22.4 Å². The first kappa shape index (κ1) is 14.4. The molecule has 0 saturated heterocycles. The molecule has 0 amide bonds. The van der Waals surface area contributed by atoms with Crippen molar-refractivity contribution in [3.63, 3.8) is 0 Å². The third-order valence-electron chi connectivity index (χ3n) is 4.30. The zero-order chi connectivity index (χ0) is 13.9. The number of hydrogen-bond donors (Lipinski definition) is 3. The van der Waals surface area contributed by atoms with Gasteiger partial charge in [0.05, 0.1) is 5.60 Å². The highest BCUT2D eigenvalue weighted by atomic mass is 16.3. The Kier molecular flexibility index (Phi) is 4.16. The summed E-state index contributed by atoms with van der Waals surface area (Å²) in [6.07, 6.45) is 3.85. The number of aromatic hydroxyl groups is 1. The number of aliphatic hydroxyl groups is 1. The van der Waals surface area contributed by atoms with E-state index in [9.17, 15) is 10.2 Å². The minimum absolute atomic E-state index is 0.312. The van der Waals surface area contributed by atoms with Gasteiger partial charge in [0.25, 0.3) is 0 Å². The van der Waals surface area contributed by atoms with E-state index in [1.165, 1.54) is 0 Å². The summed E-state index contributed by atoms with van der Waals surface area (Å²) in [5.41, 5.74) is 0.659. The molecule has 0 unspecified atom stereocenters. The molecule has 0 spiro atoms. The van der Waals surface area contributed by atoms with Crippen LogP contribution in [0.25, 0.3) is 0 Å². The van der Waals surface area contributed by atoms with Gasteiger partial charge in [-0.1, -0.05) is 32.0 Å². The maximum absolute atomic E-state index is 10.5. The molecule has 1 fully saturated rings. The molecule has 1 aliphatic rings. The van der Waals surface area contributed by atoms with Crippen molar-refractivity contribution in [3.8, 4) is 5.75 Å². The van der Waals surface area contributed by atoms with Crippen molar-refractivity contribution < 1.29 is 10.2 Å². The van der Waals surface area contributed by atoms with Crippen LogP contribution < -0.4 is 5.32 Å². The first-order chi connectivity index (χ1) is 8.90. The predicted octanol–water partition coefficient (Wildman–Crippen LogP) is 2.81. The zero-order valence-corrected chi connectivity index (χ0v) is 11.9. The molecule has 0 aromatic heterocycles. The van der Waals surface area contributed by atoms with Gasteiger partial charge in [0.15, 0.2) is 0 Å². The lowest BCUT2D eigenvalue weighted by Gasteiger charge is -2.40. The molecular formula is C16H25NO2. The SMILES string of the molecule is CC1(C)CCC(O)(CNCc2ccccc2O)CC1. The largest absolute Gasteiger partial charge is 0.508 e. The molecule has 1 aromatic carbocycles. The van der Waals surface area contributed by atoms with Crippen molar-refractivity contribution in [3.05, 3.63) is 29.8 Å². The van der Waals surface area contributed by atoms with Crippen LogP contribution in [0.5, 0.6) is 5.75 Å². The molecule has 0 bridgehead atoms. The van der Waals surface area contributed by atoms with E-state index in [2.05, 4.69) is 19.2 Å². The molecule has 19 heavy (non-hydrogen) atoms. The van der Waals surface area contributed by atoms with Crippen LogP contribution in [0.2, 0.25) is 0 Å². The number of phenolic OH excluding ortho intramolecular Hbond substituents is 1. The summed E-state index contributed by atoms with van der Waals surface area (Å²) in [4.78, 5) is 0. The highest BCUT2D eigenvalue weighted by molar-refractivity contribution is 5.31. The summed E-state index contributed by atoms with van der Waals surface area (Å²) in [6.45, 7) is 5.72. The fourth-order valence-corrected chi connectivity index (χ4v) is 2.66. The highest BCUT2D eigenvalue weighted by Crippen LogP contribution is 2.39. The Bertz CT molecular complexity index is 419. The predicted molar refractivity (Wildman–Crippen MR) is 77.0 cm³/mol. The quantitative estimate of drug-likeness (QED) is 0.783. The van der Waals surface area contributed by atoms with E-state index in [-0.39, 0.29) is 0 Å². The molecule has 0 aliphatic heterocycles. The summed E-state index contributed by atoms with van der Waals surface area (Å²) in [6, 6.07) is 7.31. The topological polar surface area (TPSA) is 52.5 Å². The number of rotatable bonds is 4. The molecule has 0 radical (unpaired) electrons. The van der Waals surface area contributed by atoms with Crippen molar-refractivity contribution in [2.75, 3.05) is 6.54 Å². The number of benzene rings is 1. The van der Waals surface area contributed by atoms with Crippen LogP contribution in [0.4, 0.5) is 0 Å². The Morgan fingerprint density at radius 2 is 1.74 bits per heavy atom. The smallest absolute Gasteiger partial charge is 0.120 e. The molecule has 106 valence electrons. The number of para-hydroxylation sites is 1. The van der Waals surface area contributed by atoms with Gasteiger partial charge in [0, 0.05) is 18.7 Å². The average Bonchev–Trinajstić information content (AvgIpc) is 2.36. The van der Waals surface area contributed by atoms with Crippen LogP contribution in [0.15, 0.2) is 24.3 Å². The lowest BCUT2D eigenvalue weighted by molar-refractivity contribution is -0.0245. The van der Waals surface area contributed by atoms with E-state index in [1.54, 1.807) is 6.07 Å². The van der Waals surface area contributed by atoms with Crippen LogP contribution in [-0.2, 0) is 6.54 Å². The standard InChI is InChI=1S/C16H25NO2/c1-15(2)7-9-16(19,10-8-15)12-17-11-13-5-3-4-6-14(13)18/h3-6,17-19H,7-12H2,1-2H3. The monoisotopic (exact) mass is 263 g/mol. The number of nitrogens with one attached hydrogen (secondary N) is 1. The zero-order valence-electron chi connectivity index (χ0n) is 11.9. The normalized spacial score (nSPS) is 21.2. The van der Waals surface area contributed by atoms with Crippen LogP contribution in [0.3, 0.4) is 0 Å². The Morgan fingerprint density at radius 3 is 2.37 bits per heavy atom. The summed E-state index contributed by atoms with van der Waals surface area (Å²) >= 11 is 0. The van der Waals surface area contributed by atoms with Crippen molar-refractivity contribution in [1.82, 2.24) is 5.32 Å². The Morgan fingerprint density at radius 1 is 1.11 bits per heavy atom. The second-order valence-electron chi connectivity index (χ2n) is 6.62. The molecule has 2 rings (SSSR count). The van der Waals surface area contributed by atoms with Crippen molar-refractivity contribution in [1.29, 1.82) is 0 Å². The van der Waals surface area contributed by atoms with Crippen molar-refractivity contribution in [2.24, 2.45) is 5.41 Å². The second kappa shape index (κ2) is 5.51. The summed E-state index contributed by atoms with van der Waals surface area (Å²) in [5, 5.41) is 23.5. The lowest BCUT2D eigenvalue weighted by Crippen LogP contribution is -2.44. The second-order valence-corrected chi connectivity index (χ2v) is 6.62. The van der Waals surface area contributed by atoms with Gasteiger partial charge in [-0.15, -0.1) is 0 Å². The molecule has 0 heterocycles. The van der Waals surface area contributed by atoms with E-state index in [1.807, 2.05) is 18.2 Å². The molecule has 1 saturated carbocycles. The fraction of sp³-hybridized carbons (Fsp3) is 0.625. The summed E-state index contributed by atoms with van der Waals surface area (Å²) < 4.78 is 0. The van der Waals surface area contributed by atoms with Crippen molar-refractivity contribution in [2.45, 2.75) is 51.7 Å². The van der Waals surface area contributed by atoms with Gasteiger partial charge in [-0.2, -0.15) is 0 Å². The van der Waals surface area contributed by atoms with E-state index in [4.69, 9.17) is 0 Å². The third kappa shape index (κ3) is 3.95. The van der Waals surface area contributed by atoms with Gasteiger partial charge >= 0.3 is 0 Å². The van der Waals surface area contributed by atoms with Gasteiger partial charge in [0.1, 0.15) is 5.75 Å². The van der Waals surface area contributed by atoms with E-state index in [0.717, 1.165) is 31.2 Å². The fourth-order valence-electron chi connectivity index (χ4n) is 2.66. The Hall–Kier alpha value is -1.06. The molecule has 1 aliphatic carbocycles. The summed E-state index contributed by atoms with van der Waals surface area (Å²) in [5.74, 6) is 0.312. The first-order valence-corrected chi connectivity index (χ1v) is 7.10. The molecule has 0 atom stereocenters. The van der Waals surface area contributed by atoms with E-state index < -0.39 is 5.60 Å². The summed E-state index contributed by atoms with van der Waals surface area (Å²) in [7, 11) is 0. The number of phenols is 1. The number of hydrogen-bond acceptors (Lipinski definition) is 3. The maximum Gasteiger partial charge on any atom is 0.120 e. The van der Waals surface area contributed by atoms with E-state index in [0.29, 0.717) is 24.3 Å². The van der Waals surface area contributed by atoms with E-state index >= 15 is 0 Å². The van der Waals surface area contributed by atoms with Gasteiger partial charge in [-0.25, -0.2) is 0 Å². The average molecular weight is 263 g/mol. The molecule has 3 heteroatoms. The van der Waals surface area contributed by atoms with Crippen LogP contribution in [0, 0.1) is 5.41 Å². The third-order valence-corrected chi connectivity index (χ3v) is 4.30. The first-order valence-electron chi connectivity index (χ1n) is 7.10. The van der Waals surface area contributed by atoms with Gasteiger partial charge < -0.3 is 15.5 Å². The molecular weight excluding hydrogens is 238 g/mol. The Labute approximate surface area is 115 Å². The highest BCUT2D eigenvalue weighted by Gasteiger charge is 2.36. The molecule has 3 N–H and O–H groups in total. The lowest BCUT2D eigenvalue weighted by atomic mass is 9.71. The maximum atomic E-state index is 10.5. The van der Waals surface area contributed by atoms with Gasteiger partial charge in [-0.3, -0.25) is 0 Å². The minimum Gasteiger partial charge on any atom is -0.508 e. The molecule has 3 nitrogen and oxygen atoms in total. The Balaban J connectivity index is 1.81.